The lowest BCUT2D eigenvalue weighted by Gasteiger charge is -2.43. The Labute approximate surface area is 331 Å². The topological polar surface area (TPSA) is 47.0 Å². The third kappa shape index (κ3) is 5.97. The maximum atomic E-state index is 9.21. The molecule has 1 aliphatic carbocycles. The Morgan fingerprint density at radius 3 is 2.22 bits per heavy atom. The maximum absolute atomic E-state index is 9.21. The molecule has 0 spiro atoms. The predicted octanol–water partition coefficient (Wildman–Crippen LogP) is 12.9. The highest BCUT2D eigenvalue weighted by atomic mass is 16.5. The largest absolute Gasteiger partial charge is 0.468 e. The zero-order valence-electron chi connectivity index (χ0n) is 36.9. The molecule has 0 saturated carbocycles. The molecular formula is C50H57N3O2. The van der Waals surface area contributed by atoms with Crippen molar-refractivity contribution in [2.45, 2.75) is 130 Å². The minimum absolute atomic E-state index is 0.00891. The molecule has 3 heterocycles. The van der Waals surface area contributed by atoms with E-state index in [-0.39, 0.29) is 22.7 Å². The summed E-state index contributed by atoms with van der Waals surface area (Å²) in [4.78, 5) is 12.6. The third-order valence-electron chi connectivity index (χ3n) is 12.5. The van der Waals surface area contributed by atoms with Crippen LogP contribution in [0.15, 0.2) is 90.1 Å². The van der Waals surface area contributed by atoms with Gasteiger partial charge in [-0.25, -0.2) is 9.98 Å². The second-order valence-electron chi connectivity index (χ2n) is 19.0. The summed E-state index contributed by atoms with van der Waals surface area (Å²) in [5, 5.41) is 0. The molecule has 4 aromatic carbocycles. The summed E-state index contributed by atoms with van der Waals surface area (Å²) in [6, 6.07) is 27.9. The van der Waals surface area contributed by atoms with E-state index in [2.05, 4.69) is 141 Å². The number of fused-ring (bicyclic) bond motifs is 5. The minimum atomic E-state index is -1.56. The average Bonchev–Trinajstić information content (AvgIpc) is 3.38. The van der Waals surface area contributed by atoms with Crippen LogP contribution in [0.3, 0.4) is 0 Å². The van der Waals surface area contributed by atoms with Crippen LogP contribution in [0.25, 0.3) is 0 Å². The number of benzene rings is 4. The van der Waals surface area contributed by atoms with Crippen molar-refractivity contribution in [1.29, 1.82) is 0 Å². The molecule has 5 nitrogen and oxygen atoms in total. The molecule has 8 rings (SSSR count). The van der Waals surface area contributed by atoms with Crippen LogP contribution in [0.1, 0.15) is 134 Å². The summed E-state index contributed by atoms with van der Waals surface area (Å²) in [7, 11) is 0. The van der Waals surface area contributed by atoms with E-state index >= 15 is 0 Å². The quantitative estimate of drug-likeness (QED) is 0.184. The van der Waals surface area contributed by atoms with Crippen LogP contribution >= 0.6 is 0 Å². The Morgan fingerprint density at radius 2 is 1.49 bits per heavy atom. The molecule has 0 fully saturated rings. The minimum Gasteiger partial charge on any atom is -0.468 e. The summed E-state index contributed by atoms with van der Waals surface area (Å²) in [6.45, 7) is 28.3. The molecule has 0 unspecified atom stereocenters. The van der Waals surface area contributed by atoms with Crippen molar-refractivity contribution >= 4 is 23.1 Å². The highest BCUT2D eigenvalue weighted by Gasteiger charge is 2.56. The van der Waals surface area contributed by atoms with Gasteiger partial charge in [0.1, 0.15) is 28.5 Å². The molecule has 0 bridgehead atoms. The first-order chi connectivity index (χ1) is 26.4. The molecular weight excluding hydrogens is 675 g/mol. The van der Waals surface area contributed by atoms with E-state index < -0.39 is 17.5 Å². The molecule has 5 aromatic rings. The predicted molar refractivity (Wildman–Crippen MR) is 227 cm³/mol. The second-order valence-corrected chi connectivity index (χ2v) is 19.0. The van der Waals surface area contributed by atoms with Gasteiger partial charge >= 0.3 is 0 Å². The van der Waals surface area contributed by atoms with Gasteiger partial charge in [-0.15, -0.1) is 0 Å². The second kappa shape index (κ2) is 12.3. The van der Waals surface area contributed by atoms with E-state index in [9.17, 15) is 2.74 Å². The number of aromatic nitrogens is 1. The maximum Gasteiger partial charge on any atom is 0.217 e. The van der Waals surface area contributed by atoms with Crippen LogP contribution in [0.4, 0.5) is 17.2 Å². The van der Waals surface area contributed by atoms with Crippen LogP contribution in [-0.4, -0.2) is 16.5 Å². The van der Waals surface area contributed by atoms with Crippen molar-refractivity contribution in [3.8, 4) is 11.5 Å². The summed E-state index contributed by atoms with van der Waals surface area (Å²) in [5.74, 6) is 2.82. The van der Waals surface area contributed by atoms with Gasteiger partial charge in [-0.1, -0.05) is 85.7 Å². The number of rotatable bonds is 4. The smallest absolute Gasteiger partial charge is 0.217 e. The van der Waals surface area contributed by atoms with Crippen LogP contribution in [0.2, 0.25) is 0 Å². The number of aryl methyl sites for hydroxylation is 2. The fourth-order valence-electron chi connectivity index (χ4n) is 8.59. The summed E-state index contributed by atoms with van der Waals surface area (Å²) in [6.07, 6.45) is 0.509. The fraction of sp³-hybridized carbons (Fsp3) is 0.400. The Hall–Kier alpha value is -4.90. The Kier molecular flexibility index (Phi) is 7.73. The van der Waals surface area contributed by atoms with Crippen molar-refractivity contribution < 1.29 is 12.2 Å². The van der Waals surface area contributed by atoms with Gasteiger partial charge in [-0.3, -0.25) is 4.90 Å². The lowest BCUT2D eigenvalue weighted by Crippen LogP contribution is -2.48. The fourth-order valence-corrected chi connectivity index (χ4v) is 8.59. The van der Waals surface area contributed by atoms with E-state index in [1.165, 1.54) is 16.7 Å². The summed E-state index contributed by atoms with van der Waals surface area (Å²) in [5.41, 5.74) is 10.4. The molecule has 55 heavy (non-hydrogen) atoms. The van der Waals surface area contributed by atoms with Crippen LogP contribution in [-0.2, 0) is 32.9 Å². The summed E-state index contributed by atoms with van der Waals surface area (Å²) < 4.78 is 32.1. The molecule has 0 saturated heterocycles. The molecule has 0 radical (unpaired) electrons. The number of hydrogen-bond acceptors (Lipinski definition) is 5. The highest BCUT2D eigenvalue weighted by molar-refractivity contribution is 5.97. The number of anilines is 3. The summed E-state index contributed by atoms with van der Waals surface area (Å²) >= 11 is 0. The van der Waals surface area contributed by atoms with Gasteiger partial charge in [-0.2, -0.15) is 0 Å². The molecule has 2 aliphatic heterocycles. The van der Waals surface area contributed by atoms with E-state index in [0.717, 1.165) is 56.1 Å². The molecule has 5 heteroatoms. The zero-order chi connectivity index (χ0) is 41.2. The molecule has 1 aromatic heterocycles. The Morgan fingerprint density at radius 1 is 0.764 bits per heavy atom. The van der Waals surface area contributed by atoms with Crippen molar-refractivity contribution in [2.24, 2.45) is 4.99 Å². The lowest BCUT2D eigenvalue weighted by atomic mass is 9.67. The van der Waals surface area contributed by atoms with E-state index in [0.29, 0.717) is 17.4 Å². The van der Waals surface area contributed by atoms with Crippen molar-refractivity contribution in [1.82, 2.24) is 4.98 Å². The van der Waals surface area contributed by atoms with Gasteiger partial charge in [0.15, 0.2) is 0 Å². The number of aliphatic imine (C=N–C) groups is 1. The number of ether oxygens (including phenoxy) is 2. The molecule has 0 N–H and O–H groups in total. The molecule has 0 amide bonds. The van der Waals surface area contributed by atoms with Gasteiger partial charge in [0.2, 0.25) is 5.90 Å². The van der Waals surface area contributed by atoms with Gasteiger partial charge in [0.25, 0.3) is 0 Å². The average molecular weight is 734 g/mol. The van der Waals surface area contributed by atoms with Gasteiger partial charge < -0.3 is 9.47 Å². The molecule has 2 atom stereocenters. The van der Waals surface area contributed by atoms with E-state index in [1.807, 2.05) is 39.1 Å². The zero-order valence-corrected chi connectivity index (χ0v) is 34.9. The monoisotopic (exact) mass is 733 g/mol. The van der Waals surface area contributed by atoms with Crippen molar-refractivity contribution in [3.63, 3.8) is 0 Å². The molecule has 284 valence electrons. The number of nitrogens with zero attached hydrogens (tertiary/aromatic N) is 3. The Bertz CT molecular complexity index is 2500. The first-order valence-electron chi connectivity index (χ1n) is 20.7. The van der Waals surface area contributed by atoms with E-state index in [1.54, 1.807) is 0 Å². The SMILES string of the molecule is [2H]C1([2H])C[C@]2(C)OC(c3cc(Oc4cc(C)cc(N5c6ccc(C(C)(C)C)cc6C(C)(C)c6cccnc65)c4)cc(C(C)(C)C)c3)=N[C@]2(C)c2ccc(C)c(C)c21. The van der Waals surface area contributed by atoms with Crippen LogP contribution < -0.4 is 9.64 Å². The lowest BCUT2D eigenvalue weighted by molar-refractivity contribution is 0.0163. The third-order valence-corrected chi connectivity index (χ3v) is 12.5. The first-order valence-corrected chi connectivity index (χ1v) is 19.7. The highest BCUT2D eigenvalue weighted by Crippen LogP contribution is 2.54. The van der Waals surface area contributed by atoms with Crippen molar-refractivity contribution in [2.75, 3.05) is 4.90 Å². The van der Waals surface area contributed by atoms with Gasteiger partial charge in [0.05, 0.1) is 11.4 Å². The van der Waals surface area contributed by atoms with E-state index in [4.69, 9.17) is 19.5 Å². The number of pyridine rings is 1. The van der Waals surface area contributed by atoms with Gasteiger partial charge in [0, 0.05) is 31.5 Å². The standard InChI is InChI=1S/C50H57N3O2/c1-30-23-36(53-43-19-17-34(46(4,5)6)28-42(43)48(10,11)41-15-14-22-51-44(41)53)29-37(24-30)54-38-26-33(25-35(27-38)47(7,8)9)45-52-50(13)40-18-16-31(2)32(3)39(40)20-21-49(50,12)55-45/h14-19,22-29H,20-21H2,1-13H3/t49-,50+/m0/s1/i20D2. The first kappa shape index (κ1) is 34.6. The number of hydrogen-bond donors (Lipinski definition) is 0. The van der Waals surface area contributed by atoms with Gasteiger partial charge in [-0.05, 0) is 145 Å². The Balaban J connectivity index is 1.22. The van der Waals surface area contributed by atoms with Crippen LogP contribution in [0.5, 0.6) is 11.5 Å². The molecule has 3 aliphatic rings. The van der Waals surface area contributed by atoms with Crippen LogP contribution in [0, 0.1) is 20.8 Å². The van der Waals surface area contributed by atoms with Crippen molar-refractivity contribution in [3.05, 3.63) is 141 Å². The normalized spacial score (nSPS) is 22.6.